The third-order valence-electron chi connectivity index (χ3n) is 3.07. The quantitative estimate of drug-likeness (QED) is 0.849. The summed E-state index contributed by atoms with van der Waals surface area (Å²) < 4.78 is 0. The molecule has 2 aromatic rings. The molecule has 20 heavy (non-hydrogen) atoms. The summed E-state index contributed by atoms with van der Waals surface area (Å²) in [4.78, 5) is 20.2. The minimum atomic E-state index is -0.344. The van der Waals surface area contributed by atoms with Crippen molar-refractivity contribution in [1.29, 1.82) is 0 Å². The fraction of sp³-hybridized carbons (Fsp3) is 0.286. The lowest BCUT2D eigenvalue weighted by atomic mass is 10.1. The molecule has 6 heteroatoms. The molecule has 0 saturated heterocycles. The van der Waals surface area contributed by atoms with E-state index in [4.69, 9.17) is 17.3 Å². The van der Waals surface area contributed by atoms with Gasteiger partial charge < -0.3 is 15.6 Å². The first-order chi connectivity index (χ1) is 9.50. The zero-order valence-corrected chi connectivity index (χ0v) is 12.2. The van der Waals surface area contributed by atoms with Gasteiger partial charge in [-0.05, 0) is 25.5 Å². The summed E-state index contributed by atoms with van der Waals surface area (Å²) in [5, 5.41) is 0.0932. The third kappa shape index (κ3) is 2.93. The fourth-order valence-corrected chi connectivity index (χ4v) is 2.15. The number of anilines is 2. The summed E-state index contributed by atoms with van der Waals surface area (Å²) in [6, 6.07) is 7.74. The van der Waals surface area contributed by atoms with Crippen molar-refractivity contribution in [1.82, 2.24) is 9.97 Å². The second-order valence-electron chi connectivity index (χ2n) is 4.79. The average molecular weight is 293 g/mol. The van der Waals surface area contributed by atoms with Crippen LogP contribution >= 0.6 is 11.6 Å². The van der Waals surface area contributed by atoms with Crippen LogP contribution in [0.3, 0.4) is 0 Å². The van der Waals surface area contributed by atoms with Gasteiger partial charge in [0.25, 0.3) is 5.56 Å². The largest absolute Gasteiger partial charge is 0.398 e. The highest BCUT2D eigenvalue weighted by Gasteiger charge is 2.18. The van der Waals surface area contributed by atoms with Crippen LogP contribution in [0.2, 0.25) is 5.02 Å². The molecule has 2 rings (SSSR count). The number of halogens is 1. The topological polar surface area (TPSA) is 75.0 Å². The molecule has 0 saturated carbocycles. The summed E-state index contributed by atoms with van der Waals surface area (Å²) in [7, 11) is 0. The highest BCUT2D eigenvalue weighted by molar-refractivity contribution is 6.32. The van der Waals surface area contributed by atoms with E-state index in [2.05, 4.69) is 9.97 Å². The monoisotopic (exact) mass is 292 g/mol. The molecule has 0 radical (unpaired) electrons. The zero-order valence-electron chi connectivity index (χ0n) is 11.4. The Morgan fingerprint density at radius 2 is 2.10 bits per heavy atom. The Hall–Kier alpha value is -2.01. The highest BCUT2D eigenvalue weighted by Crippen LogP contribution is 2.24. The van der Waals surface area contributed by atoms with E-state index in [1.165, 1.54) is 6.33 Å². The van der Waals surface area contributed by atoms with E-state index in [1.807, 2.05) is 43.0 Å². The maximum Gasteiger partial charge on any atom is 0.271 e. The van der Waals surface area contributed by atoms with E-state index in [1.54, 1.807) is 0 Å². The first-order valence-electron chi connectivity index (χ1n) is 6.34. The molecule has 1 aromatic carbocycles. The van der Waals surface area contributed by atoms with Crippen molar-refractivity contribution in [3.05, 3.63) is 51.5 Å². The number of nitrogens with one attached hydrogen (secondary N) is 1. The predicted octanol–water partition coefficient (Wildman–Crippen LogP) is 2.42. The van der Waals surface area contributed by atoms with Gasteiger partial charge in [0.15, 0.2) is 5.82 Å². The summed E-state index contributed by atoms with van der Waals surface area (Å²) in [6.45, 7) is 4.57. The Balaban J connectivity index is 2.40. The van der Waals surface area contributed by atoms with Gasteiger partial charge in [-0.3, -0.25) is 4.79 Å². The van der Waals surface area contributed by atoms with Gasteiger partial charge in [-0.15, -0.1) is 0 Å². The van der Waals surface area contributed by atoms with Gasteiger partial charge >= 0.3 is 0 Å². The number of nitrogen functional groups attached to an aromatic ring is 1. The van der Waals surface area contributed by atoms with E-state index < -0.39 is 0 Å². The number of rotatable bonds is 4. The van der Waals surface area contributed by atoms with Crippen LogP contribution in [0.1, 0.15) is 19.4 Å². The van der Waals surface area contributed by atoms with Crippen molar-refractivity contribution in [2.24, 2.45) is 0 Å². The summed E-state index contributed by atoms with van der Waals surface area (Å²) in [6.07, 6.45) is 1.35. The number of benzene rings is 1. The molecule has 0 aliphatic rings. The molecule has 0 spiro atoms. The number of nitrogens with two attached hydrogens (primary N) is 1. The summed E-state index contributed by atoms with van der Waals surface area (Å²) in [5.74, 6) is 0.466. The van der Waals surface area contributed by atoms with E-state index >= 15 is 0 Å². The molecule has 0 bridgehead atoms. The first kappa shape index (κ1) is 14.4. The third-order valence-corrected chi connectivity index (χ3v) is 3.41. The van der Waals surface area contributed by atoms with Crippen molar-refractivity contribution >= 4 is 23.1 Å². The molecule has 0 atom stereocenters. The van der Waals surface area contributed by atoms with Crippen LogP contribution in [-0.2, 0) is 6.54 Å². The lowest BCUT2D eigenvalue weighted by Gasteiger charge is -2.28. The Kier molecular flexibility index (Phi) is 4.29. The van der Waals surface area contributed by atoms with Crippen LogP contribution in [0.15, 0.2) is 35.4 Å². The average Bonchev–Trinajstić information content (AvgIpc) is 2.41. The van der Waals surface area contributed by atoms with Crippen molar-refractivity contribution in [3.8, 4) is 0 Å². The lowest BCUT2D eigenvalue weighted by molar-refractivity contribution is 0.671. The van der Waals surface area contributed by atoms with Crippen LogP contribution in [0.4, 0.5) is 11.5 Å². The standard InChI is InChI=1S/C14H17ClN4O/c1-9(2)19(7-10-5-3-4-6-11(10)16)13-12(15)14(20)18-8-17-13/h3-6,8-9H,7,16H2,1-2H3,(H,17,18,20). The van der Waals surface area contributed by atoms with E-state index in [0.29, 0.717) is 18.1 Å². The second-order valence-corrected chi connectivity index (χ2v) is 5.17. The van der Waals surface area contributed by atoms with Crippen molar-refractivity contribution in [3.63, 3.8) is 0 Å². The minimum absolute atomic E-state index is 0.0932. The Morgan fingerprint density at radius 3 is 2.75 bits per heavy atom. The molecule has 1 heterocycles. The lowest BCUT2D eigenvalue weighted by Crippen LogP contribution is -2.32. The number of para-hydroxylation sites is 1. The Morgan fingerprint density at radius 1 is 1.40 bits per heavy atom. The molecule has 0 unspecified atom stereocenters. The van der Waals surface area contributed by atoms with Gasteiger partial charge in [-0.25, -0.2) is 4.98 Å². The summed E-state index contributed by atoms with van der Waals surface area (Å²) >= 11 is 6.06. The van der Waals surface area contributed by atoms with Crippen LogP contribution in [0.5, 0.6) is 0 Å². The van der Waals surface area contributed by atoms with Crippen molar-refractivity contribution in [2.45, 2.75) is 26.4 Å². The molecular weight excluding hydrogens is 276 g/mol. The molecule has 1 aromatic heterocycles. The van der Waals surface area contributed by atoms with Gasteiger partial charge in [0.1, 0.15) is 5.02 Å². The maximum absolute atomic E-state index is 11.6. The molecular formula is C14H17ClN4O. The van der Waals surface area contributed by atoms with Crippen LogP contribution in [0, 0.1) is 0 Å². The second kappa shape index (κ2) is 5.96. The smallest absolute Gasteiger partial charge is 0.271 e. The number of aromatic amines is 1. The van der Waals surface area contributed by atoms with Gasteiger partial charge in [-0.2, -0.15) is 0 Å². The predicted molar refractivity (Wildman–Crippen MR) is 82.0 cm³/mol. The maximum atomic E-state index is 11.6. The Bertz CT molecular complexity index is 654. The SMILES string of the molecule is CC(C)N(Cc1ccccc1N)c1nc[nH]c(=O)c1Cl. The fourth-order valence-electron chi connectivity index (χ4n) is 1.94. The highest BCUT2D eigenvalue weighted by atomic mass is 35.5. The van der Waals surface area contributed by atoms with E-state index in [9.17, 15) is 4.79 Å². The number of H-pyrrole nitrogens is 1. The molecule has 0 aliphatic carbocycles. The zero-order chi connectivity index (χ0) is 14.7. The normalized spacial score (nSPS) is 10.8. The van der Waals surface area contributed by atoms with Crippen molar-refractivity contribution < 1.29 is 0 Å². The van der Waals surface area contributed by atoms with Crippen LogP contribution in [-0.4, -0.2) is 16.0 Å². The minimum Gasteiger partial charge on any atom is -0.398 e. The number of nitrogens with zero attached hydrogens (tertiary/aromatic N) is 2. The van der Waals surface area contributed by atoms with Gasteiger partial charge in [0, 0.05) is 18.3 Å². The number of hydrogen-bond donors (Lipinski definition) is 2. The van der Waals surface area contributed by atoms with Crippen LogP contribution in [0.25, 0.3) is 0 Å². The van der Waals surface area contributed by atoms with Gasteiger partial charge in [0.2, 0.25) is 0 Å². The van der Waals surface area contributed by atoms with Gasteiger partial charge in [-0.1, -0.05) is 29.8 Å². The van der Waals surface area contributed by atoms with E-state index in [-0.39, 0.29) is 16.6 Å². The molecule has 3 N–H and O–H groups in total. The van der Waals surface area contributed by atoms with Crippen molar-refractivity contribution in [2.75, 3.05) is 10.6 Å². The molecule has 5 nitrogen and oxygen atoms in total. The first-order valence-corrected chi connectivity index (χ1v) is 6.71. The Labute approximate surface area is 122 Å². The molecule has 0 fully saturated rings. The van der Waals surface area contributed by atoms with Crippen LogP contribution < -0.4 is 16.2 Å². The summed E-state index contributed by atoms with van der Waals surface area (Å²) in [5.41, 5.74) is 7.30. The van der Waals surface area contributed by atoms with Gasteiger partial charge in [0.05, 0.1) is 6.33 Å². The molecule has 0 aliphatic heterocycles. The number of aromatic nitrogens is 2. The molecule has 0 amide bonds. The number of hydrogen-bond acceptors (Lipinski definition) is 4. The van der Waals surface area contributed by atoms with E-state index in [0.717, 1.165) is 5.56 Å². The molecule has 106 valence electrons.